The van der Waals surface area contributed by atoms with Crippen LogP contribution in [-0.4, -0.2) is 29.0 Å². The van der Waals surface area contributed by atoms with E-state index in [1.54, 1.807) is 12.1 Å². The van der Waals surface area contributed by atoms with Crippen LogP contribution in [0.15, 0.2) is 60.7 Å². The van der Waals surface area contributed by atoms with Gasteiger partial charge in [0.25, 0.3) is 0 Å². The maximum absolute atomic E-state index is 13.4. The van der Waals surface area contributed by atoms with E-state index in [-0.39, 0.29) is 18.2 Å². The topological polar surface area (TPSA) is 61.3 Å². The van der Waals surface area contributed by atoms with Crippen molar-refractivity contribution in [3.05, 3.63) is 83.2 Å². The number of hydrogen-bond donors (Lipinski definition) is 0. The predicted molar refractivity (Wildman–Crippen MR) is 132 cm³/mol. The largest absolute Gasteiger partial charge is 0.493 e. The fourth-order valence-corrected chi connectivity index (χ4v) is 4.13. The van der Waals surface area contributed by atoms with Crippen molar-refractivity contribution in [1.82, 2.24) is 9.97 Å². The summed E-state index contributed by atoms with van der Waals surface area (Å²) in [6.07, 6.45) is 6.14. The van der Waals surface area contributed by atoms with Crippen LogP contribution in [0, 0.1) is 12.3 Å². The van der Waals surface area contributed by atoms with E-state index in [1.807, 2.05) is 36.4 Å². The summed E-state index contributed by atoms with van der Waals surface area (Å²) in [7, 11) is 0. The number of rotatable bonds is 6. The van der Waals surface area contributed by atoms with Crippen LogP contribution in [0.5, 0.6) is 11.5 Å². The Morgan fingerprint density at radius 1 is 1.09 bits per heavy atom. The Balaban J connectivity index is 1.63. The summed E-state index contributed by atoms with van der Waals surface area (Å²) in [4.78, 5) is 22.8. The number of carbonyl (C=O) groups excluding carboxylic acids is 1. The molecule has 1 aliphatic rings. The molecule has 5 rings (SSSR count). The number of carbonyl (C=O) groups is 1. The zero-order valence-electron chi connectivity index (χ0n) is 19.2. The van der Waals surface area contributed by atoms with Gasteiger partial charge in [-0.15, -0.1) is 6.42 Å². The molecular weight excluding hydrogens is 424 g/mol. The van der Waals surface area contributed by atoms with E-state index in [2.05, 4.69) is 36.9 Å². The summed E-state index contributed by atoms with van der Waals surface area (Å²) >= 11 is 0. The first-order chi connectivity index (χ1) is 16.5. The lowest BCUT2D eigenvalue weighted by Crippen LogP contribution is -2.09. The summed E-state index contributed by atoms with van der Waals surface area (Å²) in [5.41, 5.74) is 5.07. The van der Waals surface area contributed by atoms with Crippen LogP contribution in [0.4, 0.5) is 0 Å². The first-order valence-corrected chi connectivity index (χ1v) is 11.3. The SMILES string of the molecule is C#CCOc1ccc2nc(C(=O)c3ccc4c(c3)CCO4)nc(-c3ccc(C(C)C)cc3)c2c1. The van der Waals surface area contributed by atoms with Gasteiger partial charge in [-0.1, -0.05) is 44.0 Å². The third-order valence-corrected chi connectivity index (χ3v) is 5.99. The van der Waals surface area contributed by atoms with E-state index in [1.165, 1.54) is 5.56 Å². The minimum Gasteiger partial charge on any atom is -0.493 e. The van der Waals surface area contributed by atoms with Gasteiger partial charge in [-0.2, -0.15) is 0 Å². The van der Waals surface area contributed by atoms with Gasteiger partial charge in [0.15, 0.2) is 0 Å². The molecule has 168 valence electrons. The number of aromatic nitrogens is 2. The number of ketones is 1. The van der Waals surface area contributed by atoms with E-state index in [4.69, 9.17) is 20.9 Å². The van der Waals surface area contributed by atoms with Crippen molar-refractivity contribution in [2.75, 3.05) is 13.2 Å². The molecule has 5 heteroatoms. The monoisotopic (exact) mass is 448 g/mol. The van der Waals surface area contributed by atoms with Gasteiger partial charge in [0.05, 0.1) is 17.8 Å². The molecule has 4 aromatic rings. The van der Waals surface area contributed by atoms with Crippen molar-refractivity contribution >= 4 is 16.7 Å². The second-order valence-electron chi connectivity index (χ2n) is 8.59. The molecule has 0 saturated heterocycles. The average molecular weight is 449 g/mol. The van der Waals surface area contributed by atoms with Crippen LogP contribution in [0.25, 0.3) is 22.2 Å². The molecule has 0 unspecified atom stereocenters. The van der Waals surface area contributed by atoms with E-state index in [9.17, 15) is 4.79 Å². The maximum atomic E-state index is 13.4. The molecule has 2 heterocycles. The molecule has 3 aromatic carbocycles. The fraction of sp³-hybridized carbons (Fsp3) is 0.207. The normalized spacial score (nSPS) is 12.3. The Labute approximate surface area is 198 Å². The van der Waals surface area contributed by atoms with Crippen molar-refractivity contribution in [3.8, 4) is 35.1 Å². The van der Waals surface area contributed by atoms with Crippen LogP contribution >= 0.6 is 0 Å². The highest BCUT2D eigenvalue weighted by Crippen LogP contribution is 2.31. The van der Waals surface area contributed by atoms with Crippen molar-refractivity contribution in [2.24, 2.45) is 0 Å². The van der Waals surface area contributed by atoms with Gasteiger partial charge < -0.3 is 9.47 Å². The van der Waals surface area contributed by atoms with Crippen molar-refractivity contribution in [3.63, 3.8) is 0 Å². The lowest BCUT2D eigenvalue weighted by Gasteiger charge is -2.12. The maximum Gasteiger partial charge on any atom is 0.230 e. The molecular formula is C29H24N2O3. The highest BCUT2D eigenvalue weighted by atomic mass is 16.5. The first kappa shape index (κ1) is 21.7. The summed E-state index contributed by atoms with van der Waals surface area (Å²) < 4.78 is 11.2. The fourth-order valence-electron chi connectivity index (χ4n) is 4.13. The number of nitrogens with zero attached hydrogens (tertiary/aromatic N) is 2. The lowest BCUT2D eigenvalue weighted by atomic mass is 9.99. The zero-order valence-corrected chi connectivity index (χ0v) is 19.2. The van der Waals surface area contributed by atoms with Crippen LogP contribution < -0.4 is 9.47 Å². The lowest BCUT2D eigenvalue weighted by molar-refractivity contribution is 0.102. The quantitative estimate of drug-likeness (QED) is 0.284. The number of hydrogen-bond acceptors (Lipinski definition) is 5. The predicted octanol–water partition coefficient (Wildman–Crippen LogP) is 5.60. The molecule has 0 aliphatic carbocycles. The van der Waals surface area contributed by atoms with Gasteiger partial charge in [-0.05, 0) is 53.4 Å². The molecule has 0 radical (unpaired) electrons. The molecule has 0 amide bonds. The molecule has 0 bridgehead atoms. The molecule has 5 nitrogen and oxygen atoms in total. The Hall–Kier alpha value is -4.17. The molecule has 0 saturated carbocycles. The van der Waals surface area contributed by atoms with Crippen molar-refractivity contribution < 1.29 is 14.3 Å². The minimum absolute atomic E-state index is 0.159. The van der Waals surface area contributed by atoms with Crippen molar-refractivity contribution in [2.45, 2.75) is 26.2 Å². The summed E-state index contributed by atoms with van der Waals surface area (Å²) in [5, 5.41) is 0.797. The summed E-state index contributed by atoms with van der Waals surface area (Å²) in [5.74, 6) is 4.30. The molecule has 1 aromatic heterocycles. The van der Waals surface area contributed by atoms with Gasteiger partial charge in [-0.25, -0.2) is 9.97 Å². The second-order valence-corrected chi connectivity index (χ2v) is 8.59. The Morgan fingerprint density at radius 3 is 2.68 bits per heavy atom. The third-order valence-electron chi connectivity index (χ3n) is 5.99. The van der Waals surface area contributed by atoms with Gasteiger partial charge in [0.2, 0.25) is 11.6 Å². The van der Waals surface area contributed by atoms with Gasteiger partial charge in [0.1, 0.15) is 18.1 Å². The van der Waals surface area contributed by atoms with Crippen molar-refractivity contribution in [1.29, 1.82) is 0 Å². The summed E-state index contributed by atoms with van der Waals surface area (Å²) in [6.45, 7) is 5.12. The molecule has 1 aliphatic heterocycles. The molecule has 0 atom stereocenters. The third kappa shape index (κ3) is 4.11. The smallest absolute Gasteiger partial charge is 0.230 e. The van der Waals surface area contributed by atoms with Crippen LogP contribution in [0.1, 0.15) is 47.1 Å². The van der Waals surface area contributed by atoms with E-state index in [0.29, 0.717) is 35.0 Å². The van der Waals surface area contributed by atoms with Gasteiger partial charge >= 0.3 is 0 Å². The number of terminal acetylenes is 1. The highest BCUT2D eigenvalue weighted by Gasteiger charge is 2.20. The molecule has 0 fully saturated rings. The molecule has 0 N–H and O–H groups in total. The Bertz CT molecular complexity index is 1430. The van der Waals surface area contributed by atoms with E-state index < -0.39 is 0 Å². The number of benzene rings is 3. The van der Waals surface area contributed by atoms with E-state index in [0.717, 1.165) is 28.7 Å². The second kappa shape index (κ2) is 8.99. The van der Waals surface area contributed by atoms with Gasteiger partial charge in [-0.3, -0.25) is 4.79 Å². The first-order valence-electron chi connectivity index (χ1n) is 11.3. The highest BCUT2D eigenvalue weighted by molar-refractivity contribution is 6.08. The number of ether oxygens (including phenoxy) is 2. The summed E-state index contributed by atoms with van der Waals surface area (Å²) in [6, 6.07) is 19.3. The molecule has 0 spiro atoms. The Morgan fingerprint density at radius 2 is 1.91 bits per heavy atom. The number of fused-ring (bicyclic) bond motifs is 2. The van der Waals surface area contributed by atoms with Crippen LogP contribution in [0.3, 0.4) is 0 Å². The molecule has 34 heavy (non-hydrogen) atoms. The Kier molecular flexibility index (Phi) is 5.73. The average Bonchev–Trinajstić information content (AvgIpc) is 3.34. The standard InChI is InChI=1S/C29H24N2O3/c1-4-14-33-23-10-11-25-24(17-23)27(20-7-5-19(6-8-20)18(2)3)31-29(30-25)28(32)22-9-12-26-21(16-22)13-15-34-26/h1,5-12,16-18H,13-15H2,2-3H3. The van der Waals surface area contributed by atoms with E-state index >= 15 is 0 Å². The zero-order chi connectivity index (χ0) is 23.7. The van der Waals surface area contributed by atoms with Crippen LogP contribution in [0.2, 0.25) is 0 Å². The van der Waals surface area contributed by atoms with Gasteiger partial charge in [0, 0.05) is 22.9 Å². The minimum atomic E-state index is -0.218. The van der Waals surface area contributed by atoms with Crippen LogP contribution in [-0.2, 0) is 6.42 Å².